The molecule has 0 saturated carbocycles. The number of nitrogens with one attached hydrogen (secondary N) is 1. The van der Waals surface area contributed by atoms with Crippen molar-refractivity contribution in [1.82, 2.24) is 10.3 Å². The van der Waals surface area contributed by atoms with E-state index in [0.717, 1.165) is 17.5 Å². The predicted octanol–water partition coefficient (Wildman–Crippen LogP) is 2.80. The van der Waals surface area contributed by atoms with Gasteiger partial charge in [-0.3, -0.25) is 15.1 Å². The minimum atomic E-state index is -0.598. The Balaban J connectivity index is 0.00000180. The SMILES string of the molecule is CCNCc1cc([N+](=O)[O-])c(O)c2ncccc12.Cl.Cl. The molecule has 0 bridgehead atoms. The molecular weight excluding hydrogens is 305 g/mol. The molecule has 0 radical (unpaired) electrons. The van der Waals surface area contributed by atoms with E-state index in [9.17, 15) is 15.2 Å². The molecule has 2 N–H and O–H groups in total. The number of aromatic nitrogens is 1. The smallest absolute Gasteiger partial charge is 0.313 e. The molecule has 6 nitrogen and oxygen atoms in total. The van der Waals surface area contributed by atoms with Crippen LogP contribution < -0.4 is 5.32 Å². The molecule has 0 amide bonds. The van der Waals surface area contributed by atoms with Crippen LogP contribution in [0.4, 0.5) is 5.69 Å². The molecule has 110 valence electrons. The number of nitro groups is 1. The maximum absolute atomic E-state index is 10.9. The van der Waals surface area contributed by atoms with E-state index in [1.807, 2.05) is 6.92 Å². The Morgan fingerprint density at radius 2 is 2.15 bits per heavy atom. The van der Waals surface area contributed by atoms with Gasteiger partial charge in [0, 0.05) is 24.2 Å². The fourth-order valence-electron chi connectivity index (χ4n) is 1.83. The van der Waals surface area contributed by atoms with Gasteiger partial charge in [0.2, 0.25) is 5.75 Å². The lowest BCUT2D eigenvalue weighted by molar-refractivity contribution is -0.385. The fraction of sp³-hybridized carbons (Fsp3) is 0.250. The van der Waals surface area contributed by atoms with Gasteiger partial charge >= 0.3 is 5.69 Å². The molecule has 2 aromatic rings. The average Bonchev–Trinajstić information content (AvgIpc) is 2.38. The highest BCUT2D eigenvalue weighted by Gasteiger charge is 2.19. The number of rotatable bonds is 4. The van der Waals surface area contributed by atoms with Crippen molar-refractivity contribution in [2.75, 3.05) is 6.54 Å². The third-order valence-electron chi connectivity index (χ3n) is 2.69. The number of nitrogens with zero attached hydrogens (tertiary/aromatic N) is 2. The lowest BCUT2D eigenvalue weighted by Crippen LogP contribution is -2.12. The van der Waals surface area contributed by atoms with Crippen LogP contribution in [0.15, 0.2) is 24.4 Å². The summed E-state index contributed by atoms with van der Waals surface area (Å²) in [7, 11) is 0. The van der Waals surface area contributed by atoms with E-state index in [1.165, 1.54) is 12.3 Å². The Hall–Kier alpha value is -1.63. The predicted molar refractivity (Wildman–Crippen MR) is 81.9 cm³/mol. The van der Waals surface area contributed by atoms with Crippen molar-refractivity contribution in [3.8, 4) is 5.75 Å². The summed E-state index contributed by atoms with van der Waals surface area (Å²) < 4.78 is 0. The van der Waals surface area contributed by atoms with Gasteiger partial charge < -0.3 is 10.4 Å². The maximum Gasteiger partial charge on any atom is 0.313 e. The molecule has 0 aliphatic heterocycles. The average molecular weight is 320 g/mol. The van der Waals surface area contributed by atoms with Crippen LogP contribution in [0.5, 0.6) is 5.75 Å². The van der Waals surface area contributed by atoms with Crippen LogP contribution in [0.25, 0.3) is 10.9 Å². The summed E-state index contributed by atoms with van der Waals surface area (Å²) in [4.78, 5) is 14.3. The number of aromatic hydroxyl groups is 1. The summed E-state index contributed by atoms with van der Waals surface area (Å²) in [6, 6.07) is 4.92. The molecule has 20 heavy (non-hydrogen) atoms. The molecule has 8 heteroatoms. The first-order valence-corrected chi connectivity index (χ1v) is 5.59. The first-order chi connectivity index (χ1) is 8.65. The third kappa shape index (κ3) is 3.47. The largest absolute Gasteiger partial charge is 0.501 e. The normalized spacial score (nSPS) is 9.65. The van der Waals surface area contributed by atoms with Gasteiger partial charge in [0.15, 0.2) is 0 Å². The van der Waals surface area contributed by atoms with E-state index in [-0.39, 0.29) is 41.8 Å². The van der Waals surface area contributed by atoms with E-state index < -0.39 is 4.92 Å². The van der Waals surface area contributed by atoms with Crippen LogP contribution in [0, 0.1) is 10.1 Å². The number of nitro benzene ring substituents is 1. The van der Waals surface area contributed by atoms with Gasteiger partial charge in [0.05, 0.1) is 4.92 Å². The van der Waals surface area contributed by atoms with Crippen LogP contribution in [0.1, 0.15) is 12.5 Å². The summed E-state index contributed by atoms with van der Waals surface area (Å²) in [6.07, 6.45) is 1.50. The first-order valence-electron chi connectivity index (χ1n) is 5.59. The number of fused-ring (bicyclic) bond motifs is 1. The highest BCUT2D eigenvalue weighted by molar-refractivity contribution is 5.90. The van der Waals surface area contributed by atoms with Gasteiger partial charge in [-0.2, -0.15) is 0 Å². The van der Waals surface area contributed by atoms with E-state index in [4.69, 9.17) is 0 Å². The fourth-order valence-corrected chi connectivity index (χ4v) is 1.83. The Kier molecular flexibility index (Phi) is 7.20. The van der Waals surface area contributed by atoms with Gasteiger partial charge in [-0.1, -0.05) is 13.0 Å². The van der Waals surface area contributed by atoms with Gasteiger partial charge in [-0.25, -0.2) is 0 Å². The molecule has 0 atom stereocenters. The standard InChI is InChI=1S/C12H13N3O3.2ClH/c1-2-13-7-8-6-10(15(17)18)12(16)11-9(8)4-3-5-14-11;;/h3-6,13,16H,2,7H2,1H3;2*1H. The van der Waals surface area contributed by atoms with Crippen molar-refractivity contribution < 1.29 is 10.0 Å². The molecule has 0 aliphatic rings. The molecule has 1 heterocycles. The first kappa shape index (κ1) is 18.4. The summed E-state index contributed by atoms with van der Waals surface area (Å²) in [5.41, 5.74) is 0.707. The summed E-state index contributed by atoms with van der Waals surface area (Å²) >= 11 is 0. The number of phenols is 1. The molecule has 0 fully saturated rings. The number of hydrogen-bond donors (Lipinski definition) is 2. The van der Waals surface area contributed by atoms with Crippen molar-refractivity contribution in [1.29, 1.82) is 0 Å². The highest BCUT2D eigenvalue weighted by atomic mass is 35.5. The lowest BCUT2D eigenvalue weighted by atomic mass is 10.1. The van der Waals surface area contributed by atoms with E-state index >= 15 is 0 Å². The second-order valence-electron chi connectivity index (χ2n) is 3.84. The monoisotopic (exact) mass is 319 g/mol. The Labute approximate surface area is 128 Å². The molecule has 2 rings (SSSR count). The molecule has 1 aromatic carbocycles. The van der Waals surface area contributed by atoms with Gasteiger partial charge in [-0.05, 0) is 18.2 Å². The minimum Gasteiger partial charge on any atom is -0.501 e. The maximum atomic E-state index is 10.9. The summed E-state index contributed by atoms with van der Waals surface area (Å²) in [6.45, 7) is 3.21. The van der Waals surface area contributed by atoms with E-state index in [2.05, 4.69) is 10.3 Å². The zero-order chi connectivity index (χ0) is 13.1. The van der Waals surface area contributed by atoms with Crippen LogP contribution in [-0.2, 0) is 6.54 Å². The Morgan fingerprint density at radius 1 is 1.45 bits per heavy atom. The van der Waals surface area contributed by atoms with Gasteiger partial charge in [-0.15, -0.1) is 24.8 Å². The van der Waals surface area contributed by atoms with Crippen molar-refractivity contribution in [2.24, 2.45) is 0 Å². The third-order valence-corrected chi connectivity index (χ3v) is 2.69. The number of phenolic OH excluding ortho intramolecular Hbond substituents is 1. The highest BCUT2D eigenvalue weighted by Crippen LogP contribution is 2.35. The molecule has 0 saturated heterocycles. The van der Waals surface area contributed by atoms with E-state index in [0.29, 0.717) is 6.54 Å². The van der Waals surface area contributed by atoms with Gasteiger partial charge in [0.25, 0.3) is 0 Å². The van der Waals surface area contributed by atoms with Gasteiger partial charge in [0.1, 0.15) is 5.52 Å². The quantitative estimate of drug-likeness (QED) is 0.668. The summed E-state index contributed by atoms with van der Waals surface area (Å²) in [5.74, 6) is -0.379. The number of halogens is 2. The van der Waals surface area contributed by atoms with Crippen molar-refractivity contribution >= 4 is 41.4 Å². The molecule has 0 unspecified atom stereocenters. The minimum absolute atomic E-state index is 0. The topological polar surface area (TPSA) is 88.3 Å². The summed E-state index contributed by atoms with van der Waals surface area (Å²) in [5, 5.41) is 24.6. The zero-order valence-corrected chi connectivity index (χ0v) is 12.3. The molecule has 0 spiro atoms. The second kappa shape index (κ2) is 7.84. The molecule has 0 aliphatic carbocycles. The Morgan fingerprint density at radius 3 is 2.75 bits per heavy atom. The second-order valence-corrected chi connectivity index (χ2v) is 3.84. The van der Waals surface area contributed by atoms with E-state index in [1.54, 1.807) is 12.1 Å². The van der Waals surface area contributed by atoms with Crippen LogP contribution in [0.3, 0.4) is 0 Å². The van der Waals surface area contributed by atoms with Crippen LogP contribution in [-0.4, -0.2) is 21.6 Å². The van der Waals surface area contributed by atoms with Crippen molar-refractivity contribution in [2.45, 2.75) is 13.5 Å². The van der Waals surface area contributed by atoms with Crippen LogP contribution >= 0.6 is 24.8 Å². The van der Waals surface area contributed by atoms with Crippen molar-refractivity contribution in [3.05, 3.63) is 40.1 Å². The zero-order valence-electron chi connectivity index (χ0n) is 10.7. The van der Waals surface area contributed by atoms with Crippen molar-refractivity contribution in [3.63, 3.8) is 0 Å². The molecular formula is C12H15Cl2N3O3. The molecule has 1 aromatic heterocycles. The number of benzene rings is 1. The number of hydrogen-bond acceptors (Lipinski definition) is 5. The van der Waals surface area contributed by atoms with Crippen LogP contribution in [0.2, 0.25) is 0 Å². The Bertz CT molecular complexity index is 608. The lowest BCUT2D eigenvalue weighted by Gasteiger charge is -2.08. The number of pyridine rings is 1.